The second-order valence-electron chi connectivity index (χ2n) is 3.56. The first-order valence-electron chi connectivity index (χ1n) is 4.99. The molecular weight excluding hydrogens is 234 g/mol. The van der Waals surface area contributed by atoms with E-state index in [-0.39, 0.29) is 24.6 Å². The van der Waals surface area contributed by atoms with Gasteiger partial charge in [-0.25, -0.2) is 8.78 Å². The average Bonchev–Trinajstić information content (AvgIpc) is 2.29. The maximum atomic E-state index is 13.6. The molecule has 0 amide bonds. The second kappa shape index (κ2) is 4.62. The van der Waals surface area contributed by atoms with Crippen LogP contribution in [0.2, 0.25) is 0 Å². The molecule has 2 atom stereocenters. The van der Waals surface area contributed by atoms with Crippen molar-refractivity contribution in [1.82, 2.24) is 0 Å². The molecule has 17 heavy (non-hydrogen) atoms. The highest BCUT2D eigenvalue weighted by Gasteiger charge is 2.35. The number of ether oxygens (including phenoxy) is 1. The number of benzene rings is 1. The van der Waals surface area contributed by atoms with Crippen molar-refractivity contribution in [1.29, 1.82) is 0 Å². The number of hydrogen-bond acceptors (Lipinski definition) is 4. The van der Waals surface area contributed by atoms with Crippen LogP contribution in [0.25, 0.3) is 0 Å². The van der Waals surface area contributed by atoms with Gasteiger partial charge in [-0.05, 0) is 6.07 Å². The van der Waals surface area contributed by atoms with Gasteiger partial charge in [0.15, 0.2) is 12.6 Å². The maximum absolute atomic E-state index is 13.6. The highest BCUT2D eigenvalue weighted by molar-refractivity contribution is 5.63. The van der Waals surface area contributed by atoms with Crippen LogP contribution in [0, 0.1) is 10.1 Å². The zero-order valence-electron chi connectivity index (χ0n) is 8.75. The number of para-hydroxylation sites is 2. The van der Waals surface area contributed by atoms with Crippen LogP contribution < -0.4 is 4.90 Å². The lowest BCUT2D eigenvalue weighted by molar-refractivity contribution is -0.384. The fraction of sp³-hybridized carbons (Fsp3) is 0.400. The Hall–Kier alpha value is -1.76. The monoisotopic (exact) mass is 244 g/mol. The Labute approximate surface area is 95.7 Å². The minimum Gasteiger partial charge on any atom is -0.371 e. The summed E-state index contributed by atoms with van der Waals surface area (Å²) in [5.74, 6) is 0. The van der Waals surface area contributed by atoms with Gasteiger partial charge in [0.2, 0.25) is 0 Å². The summed E-state index contributed by atoms with van der Waals surface area (Å²) in [5, 5.41) is 10.8. The number of alkyl halides is 2. The van der Waals surface area contributed by atoms with E-state index in [0.29, 0.717) is 0 Å². The zero-order valence-corrected chi connectivity index (χ0v) is 8.75. The van der Waals surface area contributed by atoms with Crippen LogP contribution >= 0.6 is 0 Å². The third-order valence-electron chi connectivity index (χ3n) is 2.47. The average molecular weight is 244 g/mol. The van der Waals surface area contributed by atoms with Gasteiger partial charge < -0.3 is 9.64 Å². The third-order valence-corrected chi connectivity index (χ3v) is 2.47. The lowest BCUT2D eigenvalue weighted by Gasteiger charge is -2.34. The molecule has 1 aliphatic rings. The van der Waals surface area contributed by atoms with E-state index >= 15 is 0 Å². The molecule has 0 bridgehead atoms. The van der Waals surface area contributed by atoms with Crippen LogP contribution in [0.5, 0.6) is 0 Å². The molecule has 0 aromatic heterocycles. The molecule has 0 N–H and O–H groups in total. The summed E-state index contributed by atoms with van der Waals surface area (Å²) in [6.45, 7) is -0.598. The smallest absolute Gasteiger partial charge is 0.292 e. The van der Waals surface area contributed by atoms with E-state index in [1.165, 1.54) is 24.3 Å². The Morgan fingerprint density at radius 3 is 2.47 bits per heavy atom. The third kappa shape index (κ3) is 2.19. The molecule has 0 saturated carbocycles. The normalized spacial score (nSPS) is 24.7. The molecule has 1 aromatic carbocycles. The molecule has 7 heteroatoms. The van der Waals surface area contributed by atoms with Crippen molar-refractivity contribution in [2.45, 2.75) is 12.6 Å². The number of morpholine rings is 1. The first kappa shape index (κ1) is 11.7. The van der Waals surface area contributed by atoms with Gasteiger partial charge in [-0.3, -0.25) is 10.1 Å². The van der Waals surface area contributed by atoms with Crippen molar-refractivity contribution in [3.05, 3.63) is 34.4 Å². The van der Waals surface area contributed by atoms with Gasteiger partial charge in [-0.2, -0.15) is 0 Å². The highest BCUT2D eigenvalue weighted by Crippen LogP contribution is 2.33. The molecule has 1 fully saturated rings. The molecule has 92 valence electrons. The summed E-state index contributed by atoms with van der Waals surface area (Å²) in [6, 6.07) is 5.48. The number of nitro benzene ring substituents is 1. The molecular formula is C10H10F2N2O3. The summed E-state index contributed by atoms with van der Waals surface area (Å²) >= 11 is 0. The van der Waals surface area contributed by atoms with Crippen LogP contribution in [-0.4, -0.2) is 30.7 Å². The lowest BCUT2D eigenvalue weighted by Crippen LogP contribution is -2.48. The van der Waals surface area contributed by atoms with Gasteiger partial charge in [-0.1, -0.05) is 12.1 Å². The molecule has 2 rings (SSSR count). The van der Waals surface area contributed by atoms with Crippen LogP contribution in [0.3, 0.4) is 0 Å². The van der Waals surface area contributed by atoms with Crippen molar-refractivity contribution >= 4 is 11.4 Å². The summed E-state index contributed by atoms with van der Waals surface area (Å²) in [5.41, 5.74) is -0.388. The van der Waals surface area contributed by atoms with Gasteiger partial charge in [0, 0.05) is 6.07 Å². The molecule has 1 aliphatic heterocycles. The van der Waals surface area contributed by atoms with Crippen LogP contribution in [0.4, 0.5) is 20.2 Å². The van der Waals surface area contributed by atoms with Crippen molar-refractivity contribution in [2.75, 3.05) is 18.1 Å². The Kier molecular flexibility index (Phi) is 3.19. The van der Waals surface area contributed by atoms with E-state index in [1.54, 1.807) is 0 Å². The van der Waals surface area contributed by atoms with E-state index in [4.69, 9.17) is 0 Å². The van der Waals surface area contributed by atoms with E-state index in [0.717, 1.165) is 4.90 Å². The van der Waals surface area contributed by atoms with E-state index in [9.17, 15) is 18.9 Å². The zero-order chi connectivity index (χ0) is 12.4. The van der Waals surface area contributed by atoms with Gasteiger partial charge in [0.1, 0.15) is 5.69 Å². The predicted molar refractivity (Wildman–Crippen MR) is 56.2 cm³/mol. The van der Waals surface area contributed by atoms with Gasteiger partial charge in [0.25, 0.3) is 5.69 Å². The van der Waals surface area contributed by atoms with Crippen LogP contribution in [-0.2, 0) is 4.74 Å². The summed E-state index contributed by atoms with van der Waals surface area (Å²) in [6.07, 6.45) is -3.44. The number of rotatable bonds is 2. The first-order valence-corrected chi connectivity index (χ1v) is 4.99. The standard InChI is InChI=1S/C10H10F2N2O3/c11-9-5-17-6-10(12)13(9)7-3-1-2-4-8(7)14(15)16/h1-4,9-10H,5-6H2. The summed E-state index contributed by atoms with van der Waals surface area (Å²) in [7, 11) is 0. The largest absolute Gasteiger partial charge is 0.371 e. The minimum atomic E-state index is -1.72. The molecule has 0 aliphatic carbocycles. The summed E-state index contributed by atoms with van der Waals surface area (Å²) in [4.78, 5) is 10.9. The molecule has 1 aromatic rings. The number of halogens is 2. The Morgan fingerprint density at radius 1 is 1.29 bits per heavy atom. The van der Waals surface area contributed by atoms with Crippen LogP contribution in [0.15, 0.2) is 24.3 Å². The first-order chi connectivity index (χ1) is 8.11. The molecule has 0 spiro atoms. The minimum absolute atomic E-state index is 0.0687. The molecule has 5 nitrogen and oxygen atoms in total. The Bertz CT molecular complexity index is 420. The lowest BCUT2D eigenvalue weighted by atomic mass is 10.2. The number of nitro groups is 1. The van der Waals surface area contributed by atoms with E-state index in [1.807, 2.05) is 0 Å². The molecule has 1 saturated heterocycles. The van der Waals surface area contributed by atoms with Gasteiger partial charge >= 0.3 is 0 Å². The highest BCUT2D eigenvalue weighted by atomic mass is 19.2. The van der Waals surface area contributed by atoms with E-state index < -0.39 is 17.5 Å². The SMILES string of the molecule is O=[N+]([O-])c1ccccc1N1C(F)COCC1F. The fourth-order valence-electron chi connectivity index (χ4n) is 1.74. The van der Waals surface area contributed by atoms with E-state index in [2.05, 4.69) is 4.74 Å². The number of hydrogen-bond donors (Lipinski definition) is 0. The van der Waals surface area contributed by atoms with Gasteiger partial charge in [0.05, 0.1) is 18.1 Å². The molecule has 1 heterocycles. The van der Waals surface area contributed by atoms with Crippen LogP contribution in [0.1, 0.15) is 0 Å². The van der Waals surface area contributed by atoms with Crippen molar-refractivity contribution < 1.29 is 18.4 Å². The second-order valence-corrected chi connectivity index (χ2v) is 3.56. The van der Waals surface area contributed by atoms with Crippen molar-refractivity contribution in [3.8, 4) is 0 Å². The maximum Gasteiger partial charge on any atom is 0.292 e. The summed E-state index contributed by atoms with van der Waals surface area (Å²) < 4.78 is 31.8. The number of anilines is 1. The Morgan fingerprint density at radius 2 is 1.88 bits per heavy atom. The molecule has 0 radical (unpaired) electrons. The Balaban J connectivity index is 2.41. The quantitative estimate of drug-likeness (QED) is 0.453. The van der Waals surface area contributed by atoms with Crippen molar-refractivity contribution in [2.24, 2.45) is 0 Å². The fourth-order valence-corrected chi connectivity index (χ4v) is 1.74. The molecule has 2 unspecified atom stereocenters. The van der Waals surface area contributed by atoms with Gasteiger partial charge in [-0.15, -0.1) is 0 Å². The van der Waals surface area contributed by atoms with Crippen molar-refractivity contribution in [3.63, 3.8) is 0 Å². The predicted octanol–water partition coefficient (Wildman–Crippen LogP) is 2.02. The number of nitrogens with zero attached hydrogens (tertiary/aromatic N) is 2. The topological polar surface area (TPSA) is 55.6 Å².